The summed E-state index contributed by atoms with van der Waals surface area (Å²) < 4.78 is 12.0. The molecule has 0 saturated heterocycles. The number of hydrogen-bond donors (Lipinski definition) is 1. The van der Waals surface area contributed by atoms with Gasteiger partial charge in [0.05, 0.1) is 0 Å². The van der Waals surface area contributed by atoms with Crippen molar-refractivity contribution in [3.05, 3.63) is 95.6 Å². The smallest absolute Gasteiger partial charge is 0.303 e. The largest absolute Gasteiger partial charge is 0.489 e. The van der Waals surface area contributed by atoms with E-state index in [1.165, 1.54) is 0 Å². The summed E-state index contributed by atoms with van der Waals surface area (Å²) in [5, 5.41) is 9.09. The zero-order valence-corrected chi connectivity index (χ0v) is 15.9. The predicted molar refractivity (Wildman–Crippen MR) is 109 cm³/mol. The number of aliphatic carboxylic acids is 1. The zero-order valence-electron chi connectivity index (χ0n) is 15.9. The molecule has 0 aliphatic carbocycles. The number of benzene rings is 3. The van der Waals surface area contributed by atoms with Crippen LogP contribution >= 0.6 is 0 Å². The predicted octanol–water partition coefficient (Wildman–Crippen LogP) is 5.56. The van der Waals surface area contributed by atoms with Gasteiger partial charge in [-0.1, -0.05) is 60.7 Å². The Morgan fingerprint density at radius 2 is 1.64 bits per heavy atom. The van der Waals surface area contributed by atoms with Crippen LogP contribution in [-0.4, -0.2) is 11.1 Å². The van der Waals surface area contributed by atoms with E-state index in [1.807, 2.05) is 85.8 Å². The van der Waals surface area contributed by atoms with Crippen molar-refractivity contribution in [1.82, 2.24) is 0 Å². The van der Waals surface area contributed by atoms with Crippen LogP contribution in [0.4, 0.5) is 0 Å². The van der Waals surface area contributed by atoms with Gasteiger partial charge in [0.1, 0.15) is 24.2 Å². The Morgan fingerprint density at radius 1 is 0.929 bits per heavy atom. The minimum atomic E-state index is -0.831. The van der Waals surface area contributed by atoms with Crippen molar-refractivity contribution in [3.63, 3.8) is 0 Å². The van der Waals surface area contributed by atoms with Crippen LogP contribution in [-0.2, 0) is 11.4 Å². The van der Waals surface area contributed by atoms with Gasteiger partial charge in [-0.3, -0.25) is 4.79 Å². The van der Waals surface area contributed by atoms with Crippen LogP contribution in [0.3, 0.4) is 0 Å². The summed E-state index contributed by atoms with van der Waals surface area (Å²) in [6.07, 6.45) is 0.111. The molecule has 3 rings (SSSR count). The highest BCUT2D eigenvalue weighted by Gasteiger charge is 2.17. The molecule has 4 heteroatoms. The Balaban J connectivity index is 1.73. The van der Waals surface area contributed by atoms with E-state index in [0.717, 1.165) is 16.7 Å². The number of aryl methyl sites for hydroxylation is 1. The van der Waals surface area contributed by atoms with Gasteiger partial charge in [0.15, 0.2) is 0 Å². The summed E-state index contributed by atoms with van der Waals surface area (Å²) in [6, 6.07) is 25.3. The van der Waals surface area contributed by atoms with Gasteiger partial charge in [0, 0.05) is 12.5 Å². The Morgan fingerprint density at radius 3 is 2.39 bits per heavy atom. The maximum Gasteiger partial charge on any atom is 0.303 e. The first-order chi connectivity index (χ1) is 13.6. The van der Waals surface area contributed by atoms with Gasteiger partial charge < -0.3 is 14.6 Å². The van der Waals surface area contributed by atoms with Gasteiger partial charge >= 0.3 is 5.97 Å². The van der Waals surface area contributed by atoms with Gasteiger partial charge in [-0.25, -0.2) is 0 Å². The number of rotatable bonds is 9. The standard InChI is InChI=1S/C24H24O4/c1-18-8-5-6-13-22(18)23(14-15-24(25)26)28-21-12-7-11-20(16-21)27-17-19-9-3-2-4-10-19/h2-13,16,23H,14-15,17H2,1H3,(H,25,26). The van der Waals surface area contributed by atoms with Crippen molar-refractivity contribution in [3.8, 4) is 11.5 Å². The molecule has 0 bridgehead atoms. The molecule has 0 aliphatic heterocycles. The molecule has 3 aromatic carbocycles. The summed E-state index contributed by atoms with van der Waals surface area (Å²) in [4.78, 5) is 11.1. The molecular weight excluding hydrogens is 352 g/mol. The van der Waals surface area contributed by atoms with Crippen LogP contribution in [0.5, 0.6) is 11.5 Å². The van der Waals surface area contributed by atoms with Crippen molar-refractivity contribution in [1.29, 1.82) is 0 Å². The fourth-order valence-electron chi connectivity index (χ4n) is 3.02. The molecule has 0 spiro atoms. The topological polar surface area (TPSA) is 55.8 Å². The fraction of sp³-hybridized carbons (Fsp3) is 0.208. The van der Waals surface area contributed by atoms with Crippen LogP contribution in [0.15, 0.2) is 78.9 Å². The van der Waals surface area contributed by atoms with Gasteiger partial charge in [-0.15, -0.1) is 0 Å². The lowest BCUT2D eigenvalue weighted by atomic mass is 10.00. The average Bonchev–Trinajstić information content (AvgIpc) is 2.71. The SMILES string of the molecule is Cc1ccccc1C(CCC(=O)O)Oc1cccc(OCc2ccccc2)c1. The summed E-state index contributed by atoms with van der Waals surface area (Å²) in [5.74, 6) is 0.537. The lowest BCUT2D eigenvalue weighted by Crippen LogP contribution is -2.11. The molecule has 1 unspecified atom stereocenters. The first kappa shape index (κ1) is 19.5. The summed E-state index contributed by atoms with van der Waals surface area (Å²) in [6.45, 7) is 2.48. The minimum absolute atomic E-state index is 0.0448. The lowest BCUT2D eigenvalue weighted by molar-refractivity contribution is -0.137. The Bertz CT molecular complexity index is 905. The van der Waals surface area contributed by atoms with E-state index >= 15 is 0 Å². The van der Waals surface area contributed by atoms with E-state index in [4.69, 9.17) is 14.6 Å². The third-order valence-corrected chi connectivity index (χ3v) is 4.49. The molecular formula is C24H24O4. The molecule has 4 nitrogen and oxygen atoms in total. The zero-order chi connectivity index (χ0) is 19.8. The number of carbonyl (C=O) groups is 1. The minimum Gasteiger partial charge on any atom is -0.489 e. The van der Waals surface area contributed by atoms with Gasteiger partial charge in [-0.05, 0) is 42.2 Å². The third-order valence-electron chi connectivity index (χ3n) is 4.49. The summed E-state index contributed by atoms with van der Waals surface area (Å²) in [7, 11) is 0. The van der Waals surface area contributed by atoms with Crippen LogP contribution in [0.25, 0.3) is 0 Å². The van der Waals surface area contributed by atoms with Crippen molar-refractivity contribution in [2.75, 3.05) is 0 Å². The molecule has 0 fully saturated rings. The van der Waals surface area contributed by atoms with Crippen molar-refractivity contribution >= 4 is 5.97 Å². The Hall–Kier alpha value is -3.27. The third kappa shape index (κ3) is 5.61. The number of carboxylic acid groups (broad SMARTS) is 1. The number of carboxylic acids is 1. The maximum atomic E-state index is 11.1. The highest BCUT2D eigenvalue weighted by molar-refractivity contribution is 5.66. The van der Waals surface area contributed by atoms with Crippen LogP contribution < -0.4 is 9.47 Å². The lowest BCUT2D eigenvalue weighted by Gasteiger charge is -2.21. The van der Waals surface area contributed by atoms with Crippen molar-refractivity contribution < 1.29 is 19.4 Å². The Labute approximate surface area is 165 Å². The van der Waals surface area contributed by atoms with E-state index in [0.29, 0.717) is 24.5 Å². The number of hydrogen-bond acceptors (Lipinski definition) is 3. The molecule has 0 aromatic heterocycles. The summed E-state index contributed by atoms with van der Waals surface area (Å²) >= 11 is 0. The first-order valence-electron chi connectivity index (χ1n) is 9.32. The maximum absolute atomic E-state index is 11.1. The normalized spacial score (nSPS) is 11.6. The average molecular weight is 376 g/mol. The molecule has 0 radical (unpaired) electrons. The van der Waals surface area contributed by atoms with Crippen molar-refractivity contribution in [2.45, 2.75) is 32.5 Å². The second-order valence-corrected chi connectivity index (χ2v) is 6.64. The van der Waals surface area contributed by atoms with Crippen LogP contribution in [0.2, 0.25) is 0 Å². The van der Waals surface area contributed by atoms with E-state index < -0.39 is 5.97 Å². The molecule has 28 heavy (non-hydrogen) atoms. The second kappa shape index (κ2) is 9.60. The molecule has 0 amide bonds. The van der Waals surface area contributed by atoms with E-state index in [2.05, 4.69) is 0 Å². The Kier molecular flexibility index (Phi) is 6.68. The van der Waals surface area contributed by atoms with Crippen LogP contribution in [0.1, 0.15) is 35.6 Å². The van der Waals surface area contributed by atoms with Gasteiger partial charge in [0.2, 0.25) is 0 Å². The quantitative estimate of drug-likeness (QED) is 0.531. The van der Waals surface area contributed by atoms with E-state index in [1.54, 1.807) is 0 Å². The molecule has 3 aromatic rings. The van der Waals surface area contributed by atoms with E-state index in [9.17, 15) is 4.79 Å². The number of ether oxygens (including phenoxy) is 2. The fourth-order valence-corrected chi connectivity index (χ4v) is 3.02. The van der Waals surface area contributed by atoms with E-state index in [-0.39, 0.29) is 12.5 Å². The molecule has 1 atom stereocenters. The summed E-state index contributed by atoms with van der Waals surface area (Å²) in [5.41, 5.74) is 3.17. The highest BCUT2D eigenvalue weighted by Crippen LogP contribution is 2.30. The van der Waals surface area contributed by atoms with Crippen LogP contribution in [0, 0.1) is 6.92 Å². The highest BCUT2D eigenvalue weighted by atomic mass is 16.5. The monoisotopic (exact) mass is 376 g/mol. The molecule has 0 heterocycles. The van der Waals surface area contributed by atoms with Gasteiger partial charge in [0.25, 0.3) is 0 Å². The molecule has 0 saturated carbocycles. The van der Waals surface area contributed by atoms with Gasteiger partial charge in [-0.2, -0.15) is 0 Å². The second-order valence-electron chi connectivity index (χ2n) is 6.64. The first-order valence-corrected chi connectivity index (χ1v) is 9.32. The van der Waals surface area contributed by atoms with Crippen molar-refractivity contribution in [2.24, 2.45) is 0 Å². The molecule has 0 aliphatic rings. The molecule has 1 N–H and O–H groups in total. The molecule has 144 valence electrons.